The molecule has 0 unspecified atom stereocenters. The first-order chi connectivity index (χ1) is 13.4. The lowest BCUT2D eigenvalue weighted by molar-refractivity contribution is 0.398. The first-order valence-corrected chi connectivity index (χ1v) is 10.3. The highest BCUT2D eigenvalue weighted by Gasteiger charge is 2.28. The van der Waals surface area contributed by atoms with Gasteiger partial charge in [0.1, 0.15) is 15.8 Å². The molecule has 0 atom stereocenters. The molecule has 0 spiro atoms. The number of hydrogen-bond acceptors (Lipinski definition) is 5. The second-order valence-electron chi connectivity index (χ2n) is 6.26. The molecule has 6 nitrogen and oxygen atoms in total. The van der Waals surface area contributed by atoms with Crippen LogP contribution in [0.2, 0.25) is 5.15 Å². The molecule has 4 rings (SSSR count). The molecule has 2 aromatic heterocycles. The summed E-state index contributed by atoms with van der Waals surface area (Å²) in [5, 5.41) is 6.15. The molecule has 2 heterocycles. The molecule has 0 radical (unpaired) electrons. The van der Waals surface area contributed by atoms with E-state index in [9.17, 15) is 8.42 Å². The van der Waals surface area contributed by atoms with Gasteiger partial charge in [0.25, 0.3) is 10.0 Å². The Kier molecular flexibility index (Phi) is 4.78. The molecule has 0 aliphatic rings. The van der Waals surface area contributed by atoms with Gasteiger partial charge >= 0.3 is 0 Å². The molecule has 0 saturated carbocycles. The molecule has 4 aromatic rings. The average Bonchev–Trinajstić information content (AvgIpc) is 3.12. The molecule has 0 saturated heterocycles. The predicted molar refractivity (Wildman–Crippen MR) is 108 cm³/mol. The summed E-state index contributed by atoms with van der Waals surface area (Å²) in [6, 6.07) is 18.1. The average molecular weight is 414 g/mol. The predicted octanol–water partition coefficient (Wildman–Crippen LogP) is 4.58. The Bertz CT molecular complexity index is 1230. The molecule has 0 aliphatic heterocycles. The van der Waals surface area contributed by atoms with Gasteiger partial charge < -0.3 is 4.52 Å². The van der Waals surface area contributed by atoms with E-state index in [1.165, 1.54) is 22.6 Å². The van der Waals surface area contributed by atoms with Gasteiger partial charge in [0.05, 0.1) is 6.54 Å². The van der Waals surface area contributed by atoms with Gasteiger partial charge in [-0.3, -0.25) is 0 Å². The van der Waals surface area contributed by atoms with Crippen molar-refractivity contribution in [1.29, 1.82) is 0 Å². The number of sulfonamides is 1. The van der Waals surface area contributed by atoms with Crippen molar-refractivity contribution in [3.05, 3.63) is 83.3 Å². The lowest BCUT2D eigenvalue weighted by Crippen LogP contribution is -2.31. The van der Waals surface area contributed by atoms with Crippen molar-refractivity contribution in [3.63, 3.8) is 0 Å². The molecule has 0 amide bonds. The van der Waals surface area contributed by atoms with Gasteiger partial charge in [0, 0.05) is 12.3 Å². The summed E-state index contributed by atoms with van der Waals surface area (Å²) >= 11 is 5.81. The molecule has 0 N–H and O–H groups in total. The van der Waals surface area contributed by atoms with Gasteiger partial charge in [0.15, 0.2) is 5.82 Å². The highest BCUT2D eigenvalue weighted by Crippen LogP contribution is 2.28. The zero-order chi connectivity index (χ0) is 19.7. The standard InChI is InChI=1S/C20H16ClN3O3S/c1-14-11-20(23-27-14)24(28(25,26)17-9-10-19(21)22-12-17)13-16-7-4-6-15-5-2-3-8-18(15)16/h2-12H,13H2,1H3. The maximum absolute atomic E-state index is 13.4. The Morgan fingerprint density at radius 2 is 1.86 bits per heavy atom. The quantitative estimate of drug-likeness (QED) is 0.447. The van der Waals surface area contributed by atoms with Crippen molar-refractivity contribution in [2.45, 2.75) is 18.4 Å². The number of fused-ring (bicyclic) bond motifs is 1. The van der Waals surface area contributed by atoms with Gasteiger partial charge in [-0.2, -0.15) is 0 Å². The van der Waals surface area contributed by atoms with Gasteiger partial charge in [-0.15, -0.1) is 0 Å². The largest absolute Gasteiger partial charge is 0.360 e. The molecule has 0 bridgehead atoms. The summed E-state index contributed by atoms with van der Waals surface area (Å²) in [5.41, 5.74) is 0.851. The zero-order valence-electron chi connectivity index (χ0n) is 14.9. The fraction of sp³-hybridized carbons (Fsp3) is 0.100. The number of rotatable bonds is 5. The Morgan fingerprint density at radius 1 is 1.07 bits per heavy atom. The van der Waals surface area contributed by atoms with Crippen LogP contribution in [-0.2, 0) is 16.6 Å². The third kappa shape index (κ3) is 3.46. The minimum Gasteiger partial charge on any atom is -0.360 e. The van der Waals surface area contributed by atoms with Crippen LogP contribution in [0.25, 0.3) is 10.8 Å². The molecule has 2 aromatic carbocycles. The highest BCUT2D eigenvalue weighted by atomic mass is 35.5. The Labute approximate surface area is 167 Å². The third-order valence-corrected chi connectivity index (χ3v) is 6.31. The van der Waals surface area contributed by atoms with Crippen LogP contribution in [0.3, 0.4) is 0 Å². The number of pyridine rings is 1. The summed E-state index contributed by atoms with van der Waals surface area (Å²) in [6.45, 7) is 1.81. The second kappa shape index (κ2) is 7.26. The monoisotopic (exact) mass is 413 g/mol. The van der Waals surface area contributed by atoms with E-state index < -0.39 is 10.0 Å². The molecule has 0 fully saturated rings. The van der Waals surface area contributed by atoms with Gasteiger partial charge in [-0.1, -0.05) is 59.2 Å². The minimum absolute atomic E-state index is 0.0257. The number of nitrogens with zero attached hydrogens (tertiary/aromatic N) is 3. The molecule has 8 heteroatoms. The van der Waals surface area contributed by atoms with Gasteiger partial charge in [0.2, 0.25) is 0 Å². The summed E-state index contributed by atoms with van der Waals surface area (Å²) in [4.78, 5) is 3.93. The number of halogens is 1. The Balaban J connectivity index is 1.83. The van der Waals surface area contributed by atoms with E-state index in [-0.39, 0.29) is 22.4 Å². The lowest BCUT2D eigenvalue weighted by atomic mass is 10.0. The van der Waals surface area contributed by atoms with E-state index in [0.717, 1.165) is 16.3 Å². The van der Waals surface area contributed by atoms with Crippen LogP contribution < -0.4 is 4.31 Å². The van der Waals surface area contributed by atoms with Crippen LogP contribution in [0.5, 0.6) is 0 Å². The second-order valence-corrected chi connectivity index (χ2v) is 8.51. The van der Waals surface area contributed by atoms with Crippen molar-refractivity contribution >= 4 is 38.2 Å². The van der Waals surface area contributed by atoms with Crippen LogP contribution in [-0.4, -0.2) is 18.6 Å². The Hall–Kier alpha value is -2.90. The molecule has 28 heavy (non-hydrogen) atoms. The van der Waals surface area contributed by atoms with Crippen LogP contribution >= 0.6 is 11.6 Å². The van der Waals surface area contributed by atoms with Crippen LogP contribution in [0.4, 0.5) is 5.82 Å². The van der Waals surface area contributed by atoms with Gasteiger partial charge in [-0.05, 0) is 35.4 Å². The summed E-state index contributed by atoms with van der Waals surface area (Å²) in [7, 11) is -3.93. The van der Waals surface area contributed by atoms with Crippen LogP contribution in [0.1, 0.15) is 11.3 Å². The number of hydrogen-bond donors (Lipinski definition) is 0. The summed E-state index contributed by atoms with van der Waals surface area (Å²) < 4.78 is 33.1. The molecular formula is C20H16ClN3O3S. The van der Waals surface area contributed by atoms with E-state index in [1.807, 2.05) is 42.5 Å². The zero-order valence-corrected chi connectivity index (χ0v) is 16.5. The minimum atomic E-state index is -3.93. The summed E-state index contributed by atoms with van der Waals surface area (Å²) in [5.74, 6) is 0.725. The third-order valence-electron chi connectivity index (χ3n) is 4.35. The SMILES string of the molecule is Cc1cc(N(Cc2cccc3ccccc23)S(=O)(=O)c2ccc(Cl)nc2)no1. The molecular weight excluding hydrogens is 398 g/mol. The van der Waals surface area contributed by atoms with Crippen LogP contribution in [0.15, 0.2) is 76.3 Å². The topological polar surface area (TPSA) is 76.3 Å². The van der Waals surface area contributed by atoms with E-state index in [1.54, 1.807) is 13.0 Å². The first-order valence-electron chi connectivity index (χ1n) is 8.49. The number of anilines is 1. The van der Waals surface area contributed by atoms with E-state index in [0.29, 0.717) is 5.76 Å². The number of aromatic nitrogens is 2. The maximum atomic E-state index is 13.4. The fourth-order valence-electron chi connectivity index (χ4n) is 2.99. The van der Waals surface area contributed by atoms with Crippen molar-refractivity contribution in [1.82, 2.24) is 10.1 Å². The molecule has 0 aliphatic carbocycles. The molecule has 142 valence electrons. The van der Waals surface area contributed by atoms with E-state index in [2.05, 4.69) is 10.1 Å². The first kappa shape index (κ1) is 18.5. The van der Waals surface area contributed by atoms with Crippen molar-refractivity contribution in [3.8, 4) is 0 Å². The number of aryl methyl sites for hydroxylation is 1. The maximum Gasteiger partial charge on any atom is 0.267 e. The normalized spacial score (nSPS) is 11.6. The van der Waals surface area contributed by atoms with Crippen molar-refractivity contribution in [2.75, 3.05) is 4.31 Å². The van der Waals surface area contributed by atoms with Crippen molar-refractivity contribution in [2.24, 2.45) is 0 Å². The smallest absolute Gasteiger partial charge is 0.267 e. The van der Waals surface area contributed by atoms with Crippen LogP contribution in [0, 0.1) is 6.92 Å². The van der Waals surface area contributed by atoms with Gasteiger partial charge in [-0.25, -0.2) is 17.7 Å². The number of benzene rings is 2. The summed E-state index contributed by atoms with van der Waals surface area (Å²) in [6.07, 6.45) is 1.24. The fourth-order valence-corrected chi connectivity index (χ4v) is 4.42. The van der Waals surface area contributed by atoms with E-state index >= 15 is 0 Å². The van der Waals surface area contributed by atoms with E-state index in [4.69, 9.17) is 16.1 Å². The van der Waals surface area contributed by atoms with Crippen molar-refractivity contribution < 1.29 is 12.9 Å². The Morgan fingerprint density at radius 3 is 2.57 bits per heavy atom. The highest BCUT2D eigenvalue weighted by molar-refractivity contribution is 7.92. The lowest BCUT2D eigenvalue weighted by Gasteiger charge is -2.22.